The van der Waals surface area contributed by atoms with Crippen LogP contribution in [0.1, 0.15) is 19.4 Å². The number of pyridine rings is 1. The molecule has 0 atom stereocenters. The second-order valence-corrected chi connectivity index (χ2v) is 7.91. The van der Waals surface area contributed by atoms with E-state index in [2.05, 4.69) is 0 Å². The molecule has 2 N–H and O–H groups in total. The van der Waals surface area contributed by atoms with Crippen molar-refractivity contribution >= 4 is 5.97 Å². The van der Waals surface area contributed by atoms with Crippen LogP contribution < -0.4 is 25.5 Å². The van der Waals surface area contributed by atoms with Crippen LogP contribution in [0.15, 0.2) is 71.7 Å². The number of hydrogen-bond donors (Lipinski definition) is 1. The highest BCUT2D eigenvalue weighted by Crippen LogP contribution is 2.30. The molecule has 8 heteroatoms. The number of aromatic nitrogens is 1. The van der Waals surface area contributed by atoms with E-state index in [1.165, 1.54) is 17.7 Å². The van der Waals surface area contributed by atoms with Crippen LogP contribution in [0.4, 0.5) is 0 Å². The first-order valence-corrected chi connectivity index (χ1v) is 10.4. The van der Waals surface area contributed by atoms with E-state index < -0.39 is 11.6 Å². The fourth-order valence-electron chi connectivity index (χ4n) is 3.06. The maximum absolute atomic E-state index is 12.7. The number of carbonyl (C=O) groups is 1. The lowest BCUT2D eigenvalue weighted by Gasteiger charge is -2.25. The van der Waals surface area contributed by atoms with Gasteiger partial charge < -0.3 is 24.7 Å². The van der Waals surface area contributed by atoms with Crippen molar-refractivity contribution in [2.45, 2.75) is 26.1 Å². The van der Waals surface area contributed by atoms with E-state index in [1.807, 2.05) is 36.4 Å². The van der Waals surface area contributed by atoms with Gasteiger partial charge in [0.25, 0.3) is 5.56 Å². The predicted octanol–water partition coefficient (Wildman–Crippen LogP) is 3.08. The molecule has 0 amide bonds. The molecule has 0 saturated heterocycles. The number of nitrogens with two attached hydrogens (primary N) is 1. The standard InChI is InChI=1S/C25H28N2O6/c1-25(2,33-24(29)15-26)17-32-21-10-9-19(14-22(21)30-3)27-12-11-18(13-23(27)28)16-31-20-7-5-4-6-8-20/h4-14H,15-17,26H2,1-3H3. The first-order chi connectivity index (χ1) is 15.8. The molecule has 2 aromatic carbocycles. The van der Waals surface area contributed by atoms with Crippen molar-refractivity contribution in [3.63, 3.8) is 0 Å². The number of hydrogen-bond acceptors (Lipinski definition) is 7. The van der Waals surface area contributed by atoms with Gasteiger partial charge in [0.1, 0.15) is 24.6 Å². The second kappa shape index (κ2) is 10.7. The van der Waals surface area contributed by atoms with Gasteiger partial charge in [0.2, 0.25) is 0 Å². The van der Waals surface area contributed by atoms with E-state index in [0.29, 0.717) is 23.8 Å². The first-order valence-electron chi connectivity index (χ1n) is 10.4. The fourth-order valence-corrected chi connectivity index (χ4v) is 3.06. The molecule has 0 bridgehead atoms. The number of nitrogens with zero attached hydrogens (tertiary/aromatic N) is 1. The van der Waals surface area contributed by atoms with E-state index in [9.17, 15) is 9.59 Å². The Morgan fingerprint density at radius 1 is 1.00 bits per heavy atom. The normalized spacial score (nSPS) is 11.0. The molecular weight excluding hydrogens is 424 g/mol. The van der Waals surface area contributed by atoms with Gasteiger partial charge >= 0.3 is 5.97 Å². The Morgan fingerprint density at radius 2 is 1.76 bits per heavy atom. The number of esters is 1. The third-order valence-electron chi connectivity index (χ3n) is 4.69. The quantitative estimate of drug-likeness (QED) is 0.472. The number of ether oxygens (including phenoxy) is 4. The van der Waals surface area contributed by atoms with Crippen molar-refractivity contribution in [1.82, 2.24) is 4.57 Å². The molecule has 33 heavy (non-hydrogen) atoms. The number of methoxy groups -OCH3 is 1. The van der Waals surface area contributed by atoms with Crippen LogP contribution in [0, 0.1) is 0 Å². The highest BCUT2D eigenvalue weighted by atomic mass is 16.6. The summed E-state index contributed by atoms with van der Waals surface area (Å²) >= 11 is 0. The van der Waals surface area contributed by atoms with Crippen molar-refractivity contribution in [1.29, 1.82) is 0 Å². The van der Waals surface area contributed by atoms with Crippen LogP contribution >= 0.6 is 0 Å². The van der Waals surface area contributed by atoms with Gasteiger partial charge in [0.15, 0.2) is 11.5 Å². The van der Waals surface area contributed by atoms with Gasteiger partial charge in [0.05, 0.1) is 19.3 Å². The lowest BCUT2D eigenvalue weighted by atomic mass is 10.1. The van der Waals surface area contributed by atoms with Crippen molar-refractivity contribution in [3.05, 3.63) is 82.8 Å². The Bertz CT molecular complexity index is 1140. The number of para-hydroxylation sites is 1. The number of benzene rings is 2. The highest BCUT2D eigenvalue weighted by molar-refractivity contribution is 5.71. The van der Waals surface area contributed by atoms with E-state index in [0.717, 1.165) is 11.3 Å². The molecule has 0 spiro atoms. The predicted molar refractivity (Wildman–Crippen MR) is 124 cm³/mol. The summed E-state index contributed by atoms with van der Waals surface area (Å²) in [6.45, 7) is 3.65. The second-order valence-electron chi connectivity index (χ2n) is 7.91. The summed E-state index contributed by atoms with van der Waals surface area (Å²) < 4.78 is 23.7. The lowest BCUT2D eigenvalue weighted by Crippen LogP contribution is -2.37. The molecule has 0 aliphatic heterocycles. The summed E-state index contributed by atoms with van der Waals surface area (Å²) in [6, 6.07) is 17.9. The fraction of sp³-hybridized carbons (Fsp3) is 0.280. The van der Waals surface area contributed by atoms with E-state index in [1.54, 1.807) is 38.2 Å². The SMILES string of the molecule is COc1cc(-n2ccc(COc3ccccc3)cc2=O)ccc1OCC(C)(C)OC(=O)CN. The Kier molecular flexibility index (Phi) is 7.74. The topological polar surface area (TPSA) is 102 Å². The summed E-state index contributed by atoms with van der Waals surface area (Å²) in [5.41, 5.74) is 5.62. The minimum atomic E-state index is -0.866. The summed E-state index contributed by atoms with van der Waals surface area (Å²) in [6.07, 6.45) is 1.69. The molecule has 0 aliphatic rings. The Balaban J connectivity index is 1.71. The van der Waals surface area contributed by atoms with Crippen molar-refractivity contribution in [3.8, 4) is 22.9 Å². The van der Waals surface area contributed by atoms with E-state index in [-0.39, 0.29) is 18.7 Å². The van der Waals surface area contributed by atoms with Gasteiger partial charge in [-0.1, -0.05) is 18.2 Å². The van der Waals surface area contributed by atoms with Gasteiger partial charge in [-0.15, -0.1) is 0 Å². The highest BCUT2D eigenvalue weighted by Gasteiger charge is 2.24. The molecule has 0 radical (unpaired) electrons. The Hall–Kier alpha value is -3.78. The van der Waals surface area contributed by atoms with Crippen molar-refractivity contribution in [2.24, 2.45) is 5.73 Å². The molecule has 0 fully saturated rings. The average Bonchev–Trinajstić information content (AvgIpc) is 2.82. The third kappa shape index (κ3) is 6.60. The van der Waals surface area contributed by atoms with Gasteiger partial charge in [-0.25, -0.2) is 0 Å². The van der Waals surface area contributed by atoms with E-state index >= 15 is 0 Å². The van der Waals surface area contributed by atoms with Crippen molar-refractivity contribution < 1.29 is 23.7 Å². The minimum absolute atomic E-state index is 0.102. The summed E-state index contributed by atoms with van der Waals surface area (Å²) in [4.78, 5) is 24.2. The molecule has 1 aromatic heterocycles. The number of rotatable bonds is 10. The molecule has 3 rings (SSSR count). The van der Waals surface area contributed by atoms with Gasteiger partial charge in [-0.3, -0.25) is 14.2 Å². The molecule has 1 heterocycles. The van der Waals surface area contributed by atoms with Crippen LogP contribution in [0.3, 0.4) is 0 Å². The largest absolute Gasteiger partial charge is 0.493 e. The van der Waals surface area contributed by atoms with Gasteiger partial charge in [0, 0.05) is 18.3 Å². The van der Waals surface area contributed by atoms with Crippen molar-refractivity contribution in [2.75, 3.05) is 20.3 Å². The van der Waals surface area contributed by atoms with Crippen LogP contribution in [-0.4, -0.2) is 36.4 Å². The monoisotopic (exact) mass is 452 g/mol. The summed E-state index contributed by atoms with van der Waals surface area (Å²) in [7, 11) is 1.51. The summed E-state index contributed by atoms with van der Waals surface area (Å²) in [5, 5.41) is 0. The van der Waals surface area contributed by atoms with Crippen LogP contribution in [0.2, 0.25) is 0 Å². The maximum atomic E-state index is 12.7. The average molecular weight is 453 g/mol. The molecule has 0 unspecified atom stereocenters. The molecule has 8 nitrogen and oxygen atoms in total. The maximum Gasteiger partial charge on any atom is 0.320 e. The molecule has 0 saturated carbocycles. The van der Waals surface area contributed by atoms with Crippen LogP contribution in [0.5, 0.6) is 17.2 Å². The Morgan fingerprint density at radius 3 is 2.42 bits per heavy atom. The van der Waals surface area contributed by atoms with Crippen LogP contribution in [0.25, 0.3) is 5.69 Å². The van der Waals surface area contributed by atoms with Crippen LogP contribution in [-0.2, 0) is 16.1 Å². The zero-order chi connectivity index (χ0) is 23.8. The molecule has 3 aromatic rings. The smallest absolute Gasteiger partial charge is 0.320 e. The molecule has 174 valence electrons. The Labute approximate surface area is 192 Å². The number of carbonyl (C=O) groups excluding carboxylic acids is 1. The molecular formula is C25H28N2O6. The first kappa shape index (κ1) is 23.9. The lowest BCUT2D eigenvalue weighted by molar-refractivity contribution is -0.157. The summed E-state index contributed by atoms with van der Waals surface area (Å²) in [5.74, 6) is 1.13. The van der Waals surface area contributed by atoms with Gasteiger partial charge in [-0.05, 0) is 49.7 Å². The third-order valence-corrected chi connectivity index (χ3v) is 4.69. The minimum Gasteiger partial charge on any atom is -0.493 e. The molecule has 0 aliphatic carbocycles. The van der Waals surface area contributed by atoms with Gasteiger partial charge in [-0.2, -0.15) is 0 Å². The zero-order valence-electron chi connectivity index (χ0n) is 18.9. The van der Waals surface area contributed by atoms with E-state index in [4.69, 9.17) is 24.7 Å². The zero-order valence-corrected chi connectivity index (χ0v) is 18.9.